The number of halogens is 1. The van der Waals surface area contributed by atoms with Crippen LogP contribution in [0.5, 0.6) is 0 Å². The lowest BCUT2D eigenvalue weighted by Gasteiger charge is -2.31. The molecule has 0 N–H and O–H groups in total. The number of nitrogens with zero attached hydrogens (tertiary/aromatic N) is 4. The molecule has 0 radical (unpaired) electrons. The number of hydrogen-bond donors (Lipinski definition) is 0. The first-order chi connectivity index (χ1) is 9.22. The van der Waals surface area contributed by atoms with Gasteiger partial charge in [0.1, 0.15) is 5.82 Å². The monoisotopic (exact) mass is 278 g/mol. The van der Waals surface area contributed by atoms with Gasteiger partial charge in [0.15, 0.2) is 5.82 Å². The average Bonchev–Trinajstić information content (AvgIpc) is 2.87. The van der Waals surface area contributed by atoms with Crippen molar-refractivity contribution in [2.24, 2.45) is 0 Å². The van der Waals surface area contributed by atoms with Crippen LogP contribution >= 0.6 is 11.6 Å². The topological polar surface area (TPSA) is 55.1 Å². The fraction of sp³-hybridized carbons (Fsp3) is 0.462. The van der Waals surface area contributed by atoms with Crippen LogP contribution in [0.1, 0.15) is 30.5 Å². The summed E-state index contributed by atoms with van der Waals surface area (Å²) in [5, 5.41) is 4.68. The largest absolute Gasteiger partial charge is 0.357 e. The van der Waals surface area contributed by atoms with Gasteiger partial charge in [-0.1, -0.05) is 16.8 Å². The van der Waals surface area contributed by atoms with Gasteiger partial charge < -0.3 is 9.42 Å². The molecule has 0 aromatic carbocycles. The summed E-state index contributed by atoms with van der Waals surface area (Å²) in [6.07, 6.45) is 3.72. The second kappa shape index (κ2) is 5.17. The second-order valence-electron chi connectivity index (χ2n) is 4.77. The van der Waals surface area contributed by atoms with E-state index in [1.165, 1.54) is 0 Å². The first-order valence-electron chi connectivity index (χ1n) is 6.39. The van der Waals surface area contributed by atoms with Crippen LogP contribution in [0.2, 0.25) is 5.02 Å². The molecular formula is C13H15ClN4O. The number of aryl methyl sites for hydroxylation is 1. The summed E-state index contributed by atoms with van der Waals surface area (Å²) in [6, 6.07) is 3.83. The van der Waals surface area contributed by atoms with E-state index in [0.29, 0.717) is 16.8 Å². The van der Waals surface area contributed by atoms with E-state index >= 15 is 0 Å². The Labute approximate surface area is 116 Å². The van der Waals surface area contributed by atoms with Crippen molar-refractivity contribution in [3.63, 3.8) is 0 Å². The smallest absolute Gasteiger partial charge is 0.223 e. The van der Waals surface area contributed by atoms with E-state index in [1.807, 2.05) is 19.1 Å². The van der Waals surface area contributed by atoms with Gasteiger partial charge in [-0.3, -0.25) is 0 Å². The van der Waals surface area contributed by atoms with E-state index < -0.39 is 0 Å². The number of piperidine rings is 1. The van der Waals surface area contributed by atoms with E-state index in [0.717, 1.165) is 37.6 Å². The number of aromatic nitrogens is 3. The first-order valence-corrected chi connectivity index (χ1v) is 6.77. The molecule has 1 aliphatic rings. The van der Waals surface area contributed by atoms with Crippen LogP contribution in [0.3, 0.4) is 0 Å². The number of rotatable bonds is 2. The van der Waals surface area contributed by atoms with Crippen molar-refractivity contribution < 1.29 is 4.52 Å². The molecule has 5 nitrogen and oxygen atoms in total. The van der Waals surface area contributed by atoms with Gasteiger partial charge in [-0.2, -0.15) is 4.98 Å². The molecule has 0 amide bonds. The third kappa shape index (κ3) is 2.71. The van der Waals surface area contributed by atoms with Crippen molar-refractivity contribution in [2.45, 2.75) is 25.7 Å². The van der Waals surface area contributed by atoms with Gasteiger partial charge in [-0.05, 0) is 25.0 Å². The Bertz CT molecular complexity index is 546. The SMILES string of the molecule is Cc1nc(C2CCN(c3ccc(Cl)cn3)CC2)no1. The quantitative estimate of drug-likeness (QED) is 0.845. The molecule has 2 aromatic rings. The maximum absolute atomic E-state index is 5.85. The Morgan fingerprint density at radius 2 is 2.11 bits per heavy atom. The Balaban J connectivity index is 1.64. The number of pyridine rings is 1. The molecule has 0 spiro atoms. The van der Waals surface area contributed by atoms with E-state index in [-0.39, 0.29) is 0 Å². The summed E-state index contributed by atoms with van der Waals surface area (Å²) in [6.45, 7) is 3.73. The number of anilines is 1. The van der Waals surface area contributed by atoms with Gasteiger partial charge >= 0.3 is 0 Å². The first kappa shape index (κ1) is 12.4. The van der Waals surface area contributed by atoms with Crippen LogP contribution in [0.15, 0.2) is 22.9 Å². The van der Waals surface area contributed by atoms with Crippen molar-refractivity contribution in [3.8, 4) is 0 Å². The zero-order chi connectivity index (χ0) is 13.2. The molecular weight excluding hydrogens is 264 g/mol. The highest BCUT2D eigenvalue weighted by Gasteiger charge is 2.24. The molecule has 0 atom stereocenters. The van der Waals surface area contributed by atoms with Gasteiger partial charge in [0, 0.05) is 32.1 Å². The minimum Gasteiger partial charge on any atom is -0.357 e. The molecule has 6 heteroatoms. The number of hydrogen-bond acceptors (Lipinski definition) is 5. The zero-order valence-electron chi connectivity index (χ0n) is 10.7. The molecule has 0 bridgehead atoms. The summed E-state index contributed by atoms with van der Waals surface area (Å²) in [7, 11) is 0. The van der Waals surface area contributed by atoms with Gasteiger partial charge in [-0.15, -0.1) is 0 Å². The molecule has 0 aliphatic carbocycles. The van der Waals surface area contributed by atoms with Gasteiger partial charge in [0.05, 0.1) is 5.02 Å². The third-order valence-corrected chi connectivity index (χ3v) is 3.66. The standard InChI is InChI=1S/C13H15ClN4O/c1-9-16-13(17-19-9)10-4-6-18(7-5-10)12-3-2-11(14)8-15-12/h2-3,8,10H,4-7H2,1H3. The van der Waals surface area contributed by atoms with Crippen LogP contribution in [-0.4, -0.2) is 28.2 Å². The van der Waals surface area contributed by atoms with Crippen molar-refractivity contribution in [2.75, 3.05) is 18.0 Å². The van der Waals surface area contributed by atoms with Crippen molar-refractivity contribution in [1.82, 2.24) is 15.1 Å². The minimum atomic E-state index is 0.390. The van der Waals surface area contributed by atoms with Crippen LogP contribution < -0.4 is 4.90 Å². The van der Waals surface area contributed by atoms with E-state index in [1.54, 1.807) is 6.20 Å². The predicted molar refractivity (Wildman–Crippen MR) is 72.5 cm³/mol. The molecule has 19 heavy (non-hydrogen) atoms. The highest BCUT2D eigenvalue weighted by atomic mass is 35.5. The van der Waals surface area contributed by atoms with E-state index in [4.69, 9.17) is 16.1 Å². The Morgan fingerprint density at radius 3 is 2.68 bits per heavy atom. The predicted octanol–water partition coefficient (Wildman–Crippen LogP) is 2.81. The van der Waals surface area contributed by atoms with Crippen molar-refractivity contribution in [3.05, 3.63) is 35.1 Å². The van der Waals surface area contributed by atoms with E-state index in [2.05, 4.69) is 20.0 Å². The molecule has 1 aliphatic heterocycles. The second-order valence-corrected chi connectivity index (χ2v) is 5.20. The lowest BCUT2D eigenvalue weighted by atomic mass is 9.96. The summed E-state index contributed by atoms with van der Waals surface area (Å²) in [4.78, 5) is 10.9. The van der Waals surface area contributed by atoms with Gasteiger partial charge in [-0.25, -0.2) is 4.98 Å². The Kier molecular flexibility index (Phi) is 3.38. The van der Waals surface area contributed by atoms with Crippen LogP contribution in [0.25, 0.3) is 0 Å². The molecule has 100 valence electrons. The highest BCUT2D eigenvalue weighted by Crippen LogP contribution is 2.28. The fourth-order valence-corrected chi connectivity index (χ4v) is 2.51. The average molecular weight is 279 g/mol. The van der Waals surface area contributed by atoms with E-state index in [9.17, 15) is 0 Å². The molecule has 0 unspecified atom stereocenters. The summed E-state index contributed by atoms with van der Waals surface area (Å²) >= 11 is 5.85. The van der Waals surface area contributed by atoms with Gasteiger partial charge in [0.25, 0.3) is 0 Å². The molecule has 3 rings (SSSR count). The minimum absolute atomic E-state index is 0.390. The lowest BCUT2D eigenvalue weighted by Crippen LogP contribution is -2.33. The zero-order valence-corrected chi connectivity index (χ0v) is 11.5. The van der Waals surface area contributed by atoms with Crippen LogP contribution in [-0.2, 0) is 0 Å². The summed E-state index contributed by atoms with van der Waals surface area (Å²) < 4.78 is 5.04. The van der Waals surface area contributed by atoms with Crippen LogP contribution in [0, 0.1) is 6.92 Å². The molecule has 3 heterocycles. The molecule has 2 aromatic heterocycles. The Morgan fingerprint density at radius 1 is 1.32 bits per heavy atom. The molecule has 1 fully saturated rings. The molecule has 0 saturated carbocycles. The maximum Gasteiger partial charge on any atom is 0.223 e. The Hall–Kier alpha value is -1.62. The van der Waals surface area contributed by atoms with Crippen molar-refractivity contribution in [1.29, 1.82) is 0 Å². The maximum atomic E-state index is 5.85. The lowest BCUT2D eigenvalue weighted by molar-refractivity contribution is 0.375. The molecule has 1 saturated heterocycles. The fourth-order valence-electron chi connectivity index (χ4n) is 2.40. The highest BCUT2D eigenvalue weighted by molar-refractivity contribution is 6.30. The normalized spacial score (nSPS) is 16.8. The van der Waals surface area contributed by atoms with Crippen LogP contribution in [0.4, 0.5) is 5.82 Å². The summed E-state index contributed by atoms with van der Waals surface area (Å²) in [5.74, 6) is 2.84. The third-order valence-electron chi connectivity index (χ3n) is 3.44. The van der Waals surface area contributed by atoms with Gasteiger partial charge in [0.2, 0.25) is 5.89 Å². The van der Waals surface area contributed by atoms with Crippen molar-refractivity contribution >= 4 is 17.4 Å². The summed E-state index contributed by atoms with van der Waals surface area (Å²) in [5.41, 5.74) is 0.